The van der Waals surface area contributed by atoms with Crippen LogP contribution in [0.25, 0.3) is 10.9 Å². The molecule has 0 aliphatic heterocycles. The Morgan fingerprint density at radius 1 is 0.909 bits per heavy atom. The summed E-state index contributed by atoms with van der Waals surface area (Å²) in [7, 11) is 0. The van der Waals surface area contributed by atoms with E-state index in [1.54, 1.807) is 6.33 Å². The van der Waals surface area contributed by atoms with Crippen LogP contribution in [0.15, 0.2) is 54.9 Å². The van der Waals surface area contributed by atoms with E-state index in [0.717, 1.165) is 36.2 Å². The van der Waals surface area contributed by atoms with Gasteiger partial charge in [-0.15, -0.1) is 0 Å². The molecule has 0 atom stereocenters. The molecule has 3 heteroatoms. The van der Waals surface area contributed by atoms with Crippen molar-refractivity contribution in [1.29, 1.82) is 0 Å². The van der Waals surface area contributed by atoms with Crippen LogP contribution in [-0.4, -0.2) is 16.5 Å². The zero-order valence-corrected chi connectivity index (χ0v) is 13.2. The Kier molecular flexibility index (Phi) is 4.33. The maximum absolute atomic E-state index is 4.56. The fourth-order valence-corrected chi connectivity index (χ4v) is 2.70. The van der Waals surface area contributed by atoms with Crippen molar-refractivity contribution >= 4 is 16.7 Å². The normalized spacial score (nSPS) is 10.8. The molecule has 112 valence electrons. The van der Waals surface area contributed by atoms with Gasteiger partial charge in [-0.3, -0.25) is 0 Å². The third-order valence-corrected chi connectivity index (χ3v) is 3.98. The van der Waals surface area contributed by atoms with Crippen LogP contribution in [0.4, 0.5) is 5.82 Å². The lowest BCUT2D eigenvalue weighted by molar-refractivity contribution is 0.816. The number of aryl methyl sites for hydroxylation is 1. The molecule has 0 amide bonds. The monoisotopic (exact) mass is 291 g/mol. The van der Waals surface area contributed by atoms with Gasteiger partial charge in [-0.25, -0.2) is 9.97 Å². The summed E-state index contributed by atoms with van der Waals surface area (Å²) in [6.45, 7) is 6.11. The van der Waals surface area contributed by atoms with Crippen LogP contribution < -0.4 is 4.90 Å². The highest BCUT2D eigenvalue weighted by molar-refractivity contribution is 5.89. The van der Waals surface area contributed by atoms with Crippen LogP contribution >= 0.6 is 0 Å². The Morgan fingerprint density at radius 3 is 2.45 bits per heavy atom. The second-order valence-electron chi connectivity index (χ2n) is 5.40. The molecule has 0 unspecified atom stereocenters. The summed E-state index contributed by atoms with van der Waals surface area (Å²) >= 11 is 0. The van der Waals surface area contributed by atoms with Crippen molar-refractivity contribution in [2.45, 2.75) is 26.8 Å². The van der Waals surface area contributed by atoms with Gasteiger partial charge in [-0.05, 0) is 36.6 Å². The summed E-state index contributed by atoms with van der Waals surface area (Å²) < 4.78 is 0. The van der Waals surface area contributed by atoms with Gasteiger partial charge < -0.3 is 4.90 Å². The first-order chi connectivity index (χ1) is 10.8. The van der Waals surface area contributed by atoms with Crippen LogP contribution in [0, 0.1) is 0 Å². The highest BCUT2D eigenvalue weighted by Gasteiger charge is 2.11. The minimum Gasteiger partial charge on any atom is -0.352 e. The van der Waals surface area contributed by atoms with Crippen LogP contribution in [-0.2, 0) is 13.0 Å². The lowest BCUT2D eigenvalue weighted by Gasteiger charge is -2.23. The predicted molar refractivity (Wildman–Crippen MR) is 92.1 cm³/mol. The Morgan fingerprint density at radius 2 is 1.73 bits per heavy atom. The zero-order chi connectivity index (χ0) is 15.4. The maximum atomic E-state index is 4.56. The number of aromatic nitrogens is 2. The van der Waals surface area contributed by atoms with E-state index in [1.807, 2.05) is 6.07 Å². The van der Waals surface area contributed by atoms with Crippen molar-refractivity contribution in [1.82, 2.24) is 9.97 Å². The van der Waals surface area contributed by atoms with Crippen LogP contribution in [0.2, 0.25) is 0 Å². The van der Waals surface area contributed by atoms with Gasteiger partial charge in [0.1, 0.15) is 12.1 Å². The molecule has 3 nitrogen and oxygen atoms in total. The van der Waals surface area contributed by atoms with E-state index < -0.39 is 0 Å². The number of hydrogen-bond acceptors (Lipinski definition) is 3. The molecule has 0 aliphatic carbocycles. The molecule has 2 aromatic carbocycles. The van der Waals surface area contributed by atoms with E-state index in [-0.39, 0.29) is 0 Å². The van der Waals surface area contributed by atoms with Crippen molar-refractivity contribution in [3.8, 4) is 0 Å². The van der Waals surface area contributed by atoms with Crippen molar-refractivity contribution in [2.75, 3.05) is 11.4 Å². The molecule has 0 N–H and O–H groups in total. The van der Waals surface area contributed by atoms with Crippen molar-refractivity contribution in [2.24, 2.45) is 0 Å². The van der Waals surface area contributed by atoms with Gasteiger partial charge in [-0.1, -0.05) is 43.3 Å². The predicted octanol–water partition coefficient (Wildman–Crippen LogP) is 4.22. The average Bonchev–Trinajstić information content (AvgIpc) is 2.59. The number of hydrogen-bond donors (Lipinski definition) is 0. The highest BCUT2D eigenvalue weighted by Crippen LogP contribution is 2.25. The highest BCUT2D eigenvalue weighted by atomic mass is 15.2. The minimum absolute atomic E-state index is 0.861. The molecule has 1 heterocycles. The topological polar surface area (TPSA) is 29.0 Å². The standard InChI is InChI=1S/C19H21N3/c1-3-15-10-11-18-17(12-15)19(21-14-20-18)22(4-2)13-16-8-6-5-7-9-16/h5-12,14H,3-4,13H2,1-2H3. The summed E-state index contributed by atoms with van der Waals surface area (Å²) in [5, 5.41) is 1.14. The first kappa shape index (κ1) is 14.5. The van der Waals surface area contributed by atoms with E-state index in [9.17, 15) is 0 Å². The zero-order valence-electron chi connectivity index (χ0n) is 13.2. The molecule has 22 heavy (non-hydrogen) atoms. The minimum atomic E-state index is 0.861. The molecule has 1 aromatic heterocycles. The fraction of sp³-hybridized carbons (Fsp3) is 0.263. The van der Waals surface area contributed by atoms with Gasteiger partial charge in [0.15, 0.2) is 0 Å². The van der Waals surface area contributed by atoms with Crippen molar-refractivity contribution in [3.05, 3.63) is 66.0 Å². The lowest BCUT2D eigenvalue weighted by atomic mass is 10.1. The summed E-state index contributed by atoms with van der Waals surface area (Å²) in [6, 6.07) is 17.0. The largest absolute Gasteiger partial charge is 0.352 e. The third-order valence-electron chi connectivity index (χ3n) is 3.98. The average molecular weight is 291 g/mol. The number of fused-ring (bicyclic) bond motifs is 1. The van der Waals surface area contributed by atoms with Gasteiger partial charge in [0, 0.05) is 18.5 Å². The number of nitrogens with zero attached hydrogens (tertiary/aromatic N) is 3. The van der Waals surface area contributed by atoms with Crippen molar-refractivity contribution in [3.63, 3.8) is 0 Å². The molecule has 0 spiro atoms. The number of rotatable bonds is 5. The summed E-state index contributed by atoms with van der Waals surface area (Å²) in [5.41, 5.74) is 3.62. The maximum Gasteiger partial charge on any atom is 0.140 e. The Labute approximate surface area is 131 Å². The van der Waals surface area contributed by atoms with Crippen LogP contribution in [0.1, 0.15) is 25.0 Å². The second kappa shape index (κ2) is 6.56. The third kappa shape index (κ3) is 2.93. The Bertz CT molecular complexity index is 753. The van der Waals surface area contributed by atoms with Gasteiger partial charge in [0.2, 0.25) is 0 Å². The first-order valence-corrected chi connectivity index (χ1v) is 7.84. The number of benzene rings is 2. The summed E-state index contributed by atoms with van der Waals surface area (Å²) in [4.78, 5) is 11.3. The second-order valence-corrected chi connectivity index (χ2v) is 5.40. The van der Waals surface area contributed by atoms with Gasteiger partial charge in [0.05, 0.1) is 5.52 Å². The SMILES string of the molecule is CCc1ccc2ncnc(N(CC)Cc3ccccc3)c2c1. The van der Waals surface area contributed by atoms with Crippen molar-refractivity contribution < 1.29 is 0 Å². The molecular formula is C19H21N3. The molecule has 0 fully saturated rings. The molecule has 0 saturated heterocycles. The Balaban J connectivity index is 2.02. The van der Waals surface area contributed by atoms with E-state index in [4.69, 9.17) is 0 Å². The van der Waals surface area contributed by atoms with E-state index in [2.05, 4.69) is 71.2 Å². The van der Waals surface area contributed by atoms with Gasteiger partial charge in [0.25, 0.3) is 0 Å². The van der Waals surface area contributed by atoms with Gasteiger partial charge in [-0.2, -0.15) is 0 Å². The Hall–Kier alpha value is -2.42. The molecule has 3 aromatic rings. The summed E-state index contributed by atoms with van der Waals surface area (Å²) in [5.74, 6) is 1.02. The lowest BCUT2D eigenvalue weighted by Crippen LogP contribution is -2.23. The number of anilines is 1. The molecule has 0 saturated carbocycles. The molecule has 0 aliphatic rings. The van der Waals surface area contributed by atoms with E-state index in [1.165, 1.54) is 11.1 Å². The molecule has 0 bridgehead atoms. The van der Waals surface area contributed by atoms with Gasteiger partial charge >= 0.3 is 0 Å². The fourth-order valence-electron chi connectivity index (χ4n) is 2.70. The van der Waals surface area contributed by atoms with Crippen LogP contribution in [0.3, 0.4) is 0 Å². The first-order valence-electron chi connectivity index (χ1n) is 7.84. The molecule has 3 rings (SSSR count). The van der Waals surface area contributed by atoms with Crippen LogP contribution in [0.5, 0.6) is 0 Å². The molecular weight excluding hydrogens is 270 g/mol. The van der Waals surface area contributed by atoms with E-state index >= 15 is 0 Å². The van der Waals surface area contributed by atoms with E-state index in [0.29, 0.717) is 0 Å². The smallest absolute Gasteiger partial charge is 0.140 e. The summed E-state index contributed by atoms with van der Waals surface area (Å²) in [6.07, 6.45) is 2.69. The molecule has 0 radical (unpaired) electrons. The quantitative estimate of drug-likeness (QED) is 0.705.